The van der Waals surface area contributed by atoms with E-state index in [2.05, 4.69) is 15.5 Å². The maximum Gasteiger partial charge on any atom is 0.325 e. The van der Waals surface area contributed by atoms with Gasteiger partial charge in [0.1, 0.15) is 5.01 Å². The predicted octanol–water partition coefficient (Wildman–Crippen LogP) is 3.45. The van der Waals surface area contributed by atoms with E-state index >= 15 is 0 Å². The van der Waals surface area contributed by atoms with Gasteiger partial charge in [-0.05, 0) is 17.4 Å². The molecule has 6 nitrogen and oxygen atoms in total. The Labute approximate surface area is 171 Å². The van der Waals surface area contributed by atoms with Gasteiger partial charge in [-0.2, -0.15) is 0 Å². The first kappa shape index (κ1) is 18.6. The second-order valence-electron chi connectivity index (χ2n) is 6.42. The summed E-state index contributed by atoms with van der Waals surface area (Å²) in [5.74, 6) is -0.270. The van der Waals surface area contributed by atoms with Crippen LogP contribution in [-0.2, 0) is 23.3 Å². The highest BCUT2D eigenvalue weighted by molar-refractivity contribution is 8.00. The molecule has 1 atom stereocenters. The number of nitrogens with one attached hydrogen (secondary N) is 1. The van der Waals surface area contributed by atoms with Crippen molar-refractivity contribution in [3.8, 4) is 0 Å². The van der Waals surface area contributed by atoms with Crippen LogP contribution < -0.4 is 5.32 Å². The monoisotopic (exact) mass is 410 g/mol. The molecule has 0 bridgehead atoms. The first-order chi connectivity index (χ1) is 13.6. The number of nitrogens with zero attached hydrogens (tertiary/aromatic N) is 3. The molecule has 0 aliphatic carbocycles. The number of aromatic nitrogens is 2. The molecule has 1 aliphatic rings. The molecule has 1 aliphatic heterocycles. The van der Waals surface area contributed by atoms with E-state index in [0.29, 0.717) is 11.4 Å². The zero-order valence-electron chi connectivity index (χ0n) is 15.2. The molecule has 3 amide bonds. The maximum absolute atomic E-state index is 13.5. The van der Waals surface area contributed by atoms with Crippen molar-refractivity contribution in [3.05, 3.63) is 76.8 Å². The van der Waals surface area contributed by atoms with E-state index in [9.17, 15) is 9.59 Å². The summed E-state index contributed by atoms with van der Waals surface area (Å²) < 4.78 is 0.806. The summed E-state index contributed by atoms with van der Waals surface area (Å²) in [7, 11) is 0. The van der Waals surface area contributed by atoms with E-state index in [4.69, 9.17) is 0 Å². The van der Waals surface area contributed by atoms with Gasteiger partial charge in [0, 0.05) is 6.42 Å². The van der Waals surface area contributed by atoms with Crippen molar-refractivity contribution >= 4 is 35.0 Å². The zero-order chi connectivity index (χ0) is 19.6. The lowest BCUT2D eigenvalue weighted by atomic mass is 9.83. The van der Waals surface area contributed by atoms with Gasteiger partial charge in [-0.15, -0.1) is 10.2 Å². The maximum atomic E-state index is 13.5. The summed E-state index contributed by atoms with van der Waals surface area (Å²) in [6.07, 6.45) is 2.30. The zero-order valence-corrected chi connectivity index (χ0v) is 16.8. The lowest BCUT2D eigenvalue weighted by Gasteiger charge is -2.27. The number of carbonyl (C=O) groups is 2. The summed E-state index contributed by atoms with van der Waals surface area (Å²) in [5.41, 5.74) is 0.608. The number of hydrogen-bond donors (Lipinski definition) is 1. The normalized spacial score (nSPS) is 19.1. The fourth-order valence-corrected chi connectivity index (χ4v) is 4.63. The van der Waals surface area contributed by atoms with E-state index in [-0.39, 0.29) is 12.5 Å². The third-order valence-electron chi connectivity index (χ3n) is 4.67. The highest BCUT2D eigenvalue weighted by Crippen LogP contribution is 2.34. The fourth-order valence-electron chi connectivity index (χ4n) is 3.33. The Morgan fingerprint density at radius 3 is 2.36 bits per heavy atom. The quantitative estimate of drug-likeness (QED) is 0.498. The summed E-state index contributed by atoms with van der Waals surface area (Å²) >= 11 is 2.88. The summed E-state index contributed by atoms with van der Waals surface area (Å²) in [5, 5.41) is 11.7. The standard InChI is InChI=1S/C20H18N4O2S2/c1-27-19-23-22-16(28-19)13-24-17(25)20(21-18(24)26,15-10-6-3-7-11-15)12-14-8-4-2-5-9-14/h2-11H,12-13H2,1H3,(H,21,26). The van der Waals surface area contributed by atoms with Gasteiger partial charge >= 0.3 is 6.03 Å². The Morgan fingerprint density at radius 1 is 1.04 bits per heavy atom. The molecule has 4 rings (SSSR count). The second kappa shape index (κ2) is 7.73. The van der Waals surface area contributed by atoms with Gasteiger partial charge in [-0.3, -0.25) is 9.69 Å². The van der Waals surface area contributed by atoms with Gasteiger partial charge in [0.25, 0.3) is 5.91 Å². The minimum atomic E-state index is -1.13. The Bertz CT molecular complexity index is 994. The van der Waals surface area contributed by atoms with Gasteiger partial charge in [-0.25, -0.2) is 4.79 Å². The Balaban J connectivity index is 1.70. The molecule has 28 heavy (non-hydrogen) atoms. The predicted molar refractivity (Wildman–Crippen MR) is 109 cm³/mol. The fraction of sp³-hybridized carbons (Fsp3) is 0.200. The average Bonchev–Trinajstić information content (AvgIpc) is 3.28. The van der Waals surface area contributed by atoms with Crippen LogP contribution in [0.4, 0.5) is 4.79 Å². The number of carbonyl (C=O) groups excluding carboxylic acids is 2. The molecule has 2 aromatic carbocycles. The van der Waals surface area contributed by atoms with Crippen LogP contribution >= 0.6 is 23.1 Å². The molecular weight excluding hydrogens is 392 g/mol. The van der Waals surface area contributed by atoms with Crippen molar-refractivity contribution in [1.82, 2.24) is 20.4 Å². The highest BCUT2D eigenvalue weighted by Gasteiger charge is 2.52. The third kappa shape index (κ3) is 3.41. The molecule has 1 aromatic heterocycles. The topological polar surface area (TPSA) is 75.2 Å². The van der Waals surface area contributed by atoms with Crippen LogP contribution in [0.25, 0.3) is 0 Å². The molecule has 1 unspecified atom stereocenters. The average molecular weight is 411 g/mol. The van der Waals surface area contributed by atoms with Gasteiger partial charge in [0.15, 0.2) is 9.88 Å². The van der Waals surface area contributed by atoms with E-state index in [1.165, 1.54) is 28.0 Å². The molecular formula is C20H18N4O2S2. The van der Waals surface area contributed by atoms with Crippen LogP contribution in [0.5, 0.6) is 0 Å². The van der Waals surface area contributed by atoms with Gasteiger partial charge in [0.2, 0.25) is 0 Å². The smallest absolute Gasteiger partial charge is 0.319 e. The lowest BCUT2D eigenvalue weighted by Crippen LogP contribution is -2.46. The largest absolute Gasteiger partial charge is 0.325 e. The van der Waals surface area contributed by atoms with E-state index in [1.807, 2.05) is 66.9 Å². The van der Waals surface area contributed by atoms with Crippen LogP contribution in [-0.4, -0.2) is 33.3 Å². The number of amides is 3. The molecule has 1 saturated heterocycles. The molecule has 0 spiro atoms. The molecule has 2 heterocycles. The van der Waals surface area contributed by atoms with E-state index in [1.54, 1.807) is 0 Å². The minimum Gasteiger partial charge on any atom is -0.319 e. The SMILES string of the molecule is CSc1nnc(CN2C(=O)NC(Cc3ccccc3)(c3ccccc3)C2=O)s1. The van der Waals surface area contributed by atoms with Crippen molar-refractivity contribution in [2.45, 2.75) is 22.8 Å². The summed E-state index contributed by atoms with van der Waals surface area (Å²) in [6.45, 7) is 0.117. The van der Waals surface area contributed by atoms with Crippen LogP contribution in [0.3, 0.4) is 0 Å². The number of hydrogen-bond acceptors (Lipinski definition) is 6. The number of imide groups is 1. The van der Waals surface area contributed by atoms with Gasteiger partial charge in [0.05, 0.1) is 6.54 Å². The van der Waals surface area contributed by atoms with Crippen molar-refractivity contribution in [3.63, 3.8) is 0 Å². The van der Waals surface area contributed by atoms with Gasteiger partial charge < -0.3 is 5.32 Å². The van der Waals surface area contributed by atoms with Crippen molar-refractivity contribution < 1.29 is 9.59 Å². The Hall–Kier alpha value is -2.71. The summed E-state index contributed by atoms with van der Waals surface area (Å²) in [4.78, 5) is 27.5. The number of rotatable bonds is 6. The third-order valence-corrected chi connectivity index (χ3v) is 6.55. The van der Waals surface area contributed by atoms with Gasteiger partial charge in [-0.1, -0.05) is 83.8 Å². The molecule has 142 valence electrons. The molecule has 3 aromatic rings. The molecule has 1 N–H and O–H groups in total. The number of benzene rings is 2. The molecule has 0 radical (unpaired) electrons. The first-order valence-electron chi connectivity index (χ1n) is 8.72. The van der Waals surface area contributed by atoms with E-state index in [0.717, 1.165) is 15.5 Å². The first-order valence-corrected chi connectivity index (χ1v) is 10.8. The molecule has 8 heteroatoms. The van der Waals surface area contributed by atoms with Crippen molar-refractivity contribution in [2.75, 3.05) is 6.26 Å². The van der Waals surface area contributed by atoms with Crippen molar-refractivity contribution in [2.24, 2.45) is 0 Å². The summed E-state index contributed by atoms with van der Waals surface area (Å²) in [6, 6.07) is 18.7. The van der Waals surface area contributed by atoms with Crippen LogP contribution in [0.2, 0.25) is 0 Å². The van der Waals surface area contributed by atoms with Crippen molar-refractivity contribution in [1.29, 1.82) is 0 Å². The molecule has 0 saturated carbocycles. The van der Waals surface area contributed by atoms with Crippen LogP contribution in [0.15, 0.2) is 65.0 Å². The highest BCUT2D eigenvalue weighted by atomic mass is 32.2. The van der Waals surface area contributed by atoms with E-state index < -0.39 is 11.6 Å². The number of thioether (sulfide) groups is 1. The Morgan fingerprint density at radius 2 is 1.71 bits per heavy atom. The molecule has 1 fully saturated rings. The minimum absolute atomic E-state index is 0.117. The van der Waals surface area contributed by atoms with Crippen LogP contribution in [0.1, 0.15) is 16.1 Å². The van der Waals surface area contributed by atoms with Crippen LogP contribution in [0, 0.1) is 0 Å². The Kier molecular flexibility index (Phi) is 5.15. The lowest BCUT2D eigenvalue weighted by molar-refractivity contribution is -0.132. The second-order valence-corrected chi connectivity index (χ2v) is 8.54. The number of urea groups is 1.